The zero-order valence-electron chi connectivity index (χ0n) is 14.4. The Morgan fingerprint density at radius 2 is 1.78 bits per heavy atom. The molecule has 0 saturated carbocycles. The van der Waals surface area contributed by atoms with E-state index in [0.29, 0.717) is 6.42 Å². The van der Waals surface area contributed by atoms with E-state index in [1.165, 1.54) is 12.8 Å². The molecule has 0 radical (unpaired) electrons. The van der Waals surface area contributed by atoms with Crippen molar-refractivity contribution in [1.82, 2.24) is 4.90 Å². The molecule has 2 amide bonds. The van der Waals surface area contributed by atoms with Crippen LogP contribution >= 0.6 is 0 Å². The summed E-state index contributed by atoms with van der Waals surface area (Å²) in [6.45, 7) is 5.68. The van der Waals surface area contributed by atoms with E-state index in [2.05, 4.69) is 0 Å². The molecule has 2 heterocycles. The molecule has 23 heavy (non-hydrogen) atoms. The molecule has 0 aliphatic carbocycles. The summed E-state index contributed by atoms with van der Waals surface area (Å²) in [6.07, 6.45) is 5.11. The lowest BCUT2D eigenvalue weighted by molar-refractivity contribution is -0.130. The maximum Gasteiger partial charge on any atom is 0.236 e. The first-order valence-electron chi connectivity index (χ1n) is 8.60. The molecule has 1 saturated heterocycles. The molecule has 2 aliphatic rings. The van der Waals surface area contributed by atoms with Crippen LogP contribution in [0, 0.1) is 0 Å². The number of hydrogen-bond acceptors (Lipinski definition) is 2. The minimum absolute atomic E-state index is 0.114. The molecule has 1 fully saturated rings. The third kappa shape index (κ3) is 2.87. The van der Waals surface area contributed by atoms with Crippen molar-refractivity contribution in [1.29, 1.82) is 0 Å². The summed E-state index contributed by atoms with van der Waals surface area (Å²) in [7, 11) is 1.82. The first-order valence-corrected chi connectivity index (χ1v) is 8.60. The number of anilines is 1. The van der Waals surface area contributed by atoms with E-state index in [1.807, 2.05) is 44.0 Å². The third-order valence-corrected chi connectivity index (χ3v) is 5.25. The SMILES string of the molecule is CN1C(=O)C(C)(C)c2cc(CC(=O)N3CCCCCC3)ccc21. The highest BCUT2D eigenvalue weighted by Gasteiger charge is 2.42. The van der Waals surface area contributed by atoms with Crippen LogP contribution in [0.1, 0.15) is 50.7 Å². The van der Waals surface area contributed by atoms with Gasteiger partial charge in [-0.15, -0.1) is 0 Å². The predicted octanol–water partition coefficient (Wildman–Crippen LogP) is 2.89. The van der Waals surface area contributed by atoms with Crippen LogP contribution in [0.5, 0.6) is 0 Å². The molecule has 0 atom stereocenters. The predicted molar refractivity (Wildman–Crippen MR) is 91.6 cm³/mol. The average molecular weight is 314 g/mol. The van der Waals surface area contributed by atoms with Gasteiger partial charge in [-0.3, -0.25) is 9.59 Å². The molecule has 0 aromatic heterocycles. The lowest BCUT2D eigenvalue weighted by Crippen LogP contribution is -2.33. The standard InChI is InChI=1S/C19H26N2O2/c1-19(2)15-12-14(8-9-16(15)20(3)18(19)23)13-17(22)21-10-6-4-5-7-11-21/h8-9,12H,4-7,10-11,13H2,1-3H3. The van der Waals surface area contributed by atoms with Crippen LogP contribution < -0.4 is 4.90 Å². The van der Waals surface area contributed by atoms with Gasteiger partial charge in [-0.25, -0.2) is 0 Å². The largest absolute Gasteiger partial charge is 0.342 e. The number of benzene rings is 1. The smallest absolute Gasteiger partial charge is 0.236 e. The molecule has 2 aliphatic heterocycles. The summed E-state index contributed by atoms with van der Waals surface area (Å²) in [4.78, 5) is 28.6. The molecule has 0 spiro atoms. The third-order valence-electron chi connectivity index (χ3n) is 5.25. The zero-order chi connectivity index (χ0) is 16.6. The number of carbonyl (C=O) groups excluding carboxylic acids is 2. The quantitative estimate of drug-likeness (QED) is 0.842. The number of carbonyl (C=O) groups is 2. The average Bonchev–Trinajstić information content (AvgIpc) is 2.77. The molecule has 3 rings (SSSR count). The molecule has 1 aromatic carbocycles. The van der Waals surface area contributed by atoms with Crippen LogP contribution in [0.3, 0.4) is 0 Å². The van der Waals surface area contributed by atoms with Crippen LogP contribution in [0.15, 0.2) is 18.2 Å². The second-order valence-corrected chi connectivity index (χ2v) is 7.31. The molecule has 124 valence electrons. The van der Waals surface area contributed by atoms with Crippen LogP contribution in [0.4, 0.5) is 5.69 Å². The van der Waals surface area contributed by atoms with Crippen molar-refractivity contribution in [3.05, 3.63) is 29.3 Å². The molecule has 1 aromatic rings. The molecular weight excluding hydrogens is 288 g/mol. The Balaban J connectivity index is 1.79. The fourth-order valence-electron chi connectivity index (χ4n) is 3.74. The Labute approximate surface area is 138 Å². The Morgan fingerprint density at radius 3 is 2.43 bits per heavy atom. The number of nitrogens with zero attached hydrogens (tertiary/aromatic N) is 2. The molecule has 0 N–H and O–H groups in total. The van der Waals surface area contributed by atoms with E-state index < -0.39 is 5.41 Å². The highest BCUT2D eigenvalue weighted by molar-refractivity contribution is 6.07. The lowest BCUT2D eigenvalue weighted by Gasteiger charge is -2.21. The second-order valence-electron chi connectivity index (χ2n) is 7.31. The van der Waals surface area contributed by atoms with E-state index in [0.717, 1.165) is 42.7 Å². The van der Waals surface area contributed by atoms with Crippen molar-refractivity contribution in [3.63, 3.8) is 0 Å². The summed E-state index contributed by atoms with van der Waals surface area (Å²) < 4.78 is 0. The highest BCUT2D eigenvalue weighted by Crippen LogP contribution is 2.41. The van der Waals surface area contributed by atoms with Gasteiger partial charge in [0, 0.05) is 25.8 Å². The van der Waals surface area contributed by atoms with Gasteiger partial charge in [-0.05, 0) is 43.9 Å². The van der Waals surface area contributed by atoms with Crippen molar-refractivity contribution in [2.45, 2.75) is 51.4 Å². The van der Waals surface area contributed by atoms with Crippen molar-refractivity contribution in [2.24, 2.45) is 0 Å². The Kier molecular flexibility index (Phi) is 4.17. The topological polar surface area (TPSA) is 40.6 Å². The van der Waals surface area contributed by atoms with Gasteiger partial charge < -0.3 is 9.80 Å². The van der Waals surface area contributed by atoms with Crippen molar-refractivity contribution in [2.75, 3.05) is 25.0 Å². The molecular formula is C19H26N2O2. The van der Waals surface area contributed by atoms with E-state index >= 15 is 0 Å². The Morgan fingerprint density at radius 1 is 1.13 bits per heavy atom. The maximum absolute atomic E-state index is 12.6. The fourth-order valence-corrected chi connectivity index (χ4v) is 3.74. The number of rotatable bonds is 2. The Hall–Kier alpha value is -1.84. The summed E-state index contributed by atoms with van der Waals surface area (Å²) in [5, 5.41) is 0. The number of fused-ring (bicyclic) bond motifs is 1. The van der Waals surface area contributed by atoms with E-state index in [4.69, 9.17) is 0 Å². The fraction of sp³-hybridized carbons (Fsp3) is 0.579. The van der Waals surface area contributed by atoms with Gasteiger partial charge >= 0.3 is 0 Å². The summed E-state index contributed by atoms with van der Waals surface area (Å²) >= 11 is 0. The first-order chi connectivity index (χ1) is 10.9. The van der Waals surface area contributed by atoms with Crippen molar-refractivity contribution >= 4 is 17.5 Å². The summed E-state index contributed by atoms with van der Waals surface area (Å²) in [5.74, 6) is 0.325. The number of likely N-dealkylation sites (tertiary alicyclic amines) is 1. The second kappa shape index (κ2) is 5.99. The van der Waals surface area contributed by atoms with Gasteiger partial charge in [0.2, 0.25) is 11.8 Å². The maximum atomic E-state index is 12.6. The van der Waals surface area contributed by atoms with E-state index in [9.17, 15) is 9.59 Å². The normalized spacial score (nSPS) is 20.4. The zero-order valence-corrected chi connectivity index (χ0v) is 14.4. The summed E-state index contributed by atoms with van der Waals surface area (Å²) in [5.41, 5.74) is 2.50. The molecule has 4 nitrogen and oxygen atoms in total. The molecule has 4 heteroatoms. The van der Waals surface area contributed by atoms with Gasteiger partial charge in [-0.1, -0.05) is 25.0 Å². The minimum Gasteiger partial charge on any atom is -0.342 e. The molecule has 0 bridgehead atoms. The van der Waals surface area contributed by atoms with Gasteiger partial charge in [0.05, 0.1) is 11.8 Å². The van der Waals surface area contributed by atoms with Crippen molar-refractivity contribution < 1.29 is 9.59 Å². The van der Waals surface area contributed by atoms with Crippen LogP contribution in [-0.4, -0.2) is 36.9 Å². The van der Waals surface area contributed by atoms with E-state index in [1.54, 1.807) is 4.90 Å². The van der Waals surface area contributed by atoms with Crippen molar-refractivity contribution in [3.8, 4) is 0 Å². The molecule has 0 unspecified atom stereocenters. The summed E-state index contributed by atoms with van der Waals surface area (Å²) in [6, 6.07) is 6.01. The van der Waals surface area contributed by atoms with Gasteiger partial charge in [-0.2, -0.15) is 0 Å². The van der Waals surface area contributed by atoms with Gasteiger partial charge in [0.15, 0.2) is 0 Å². The lowest BCUT2D eigenvalue weighted by atomic mass is 9.85. The minimum atomic E-state index is -0.508. The van der Waals surface area contributed by atoms with Gasteiger partial charge in [0.1, 0.15) is 0 Å². The van der Waals surface area contributed by atoms with Crippen LogP contribution in [0.25, 0.3) is 0 Å². The van der Waals surface area contributed by atoms with Crippen LogP contribution in [0.2, 0.25) is 0 Å². The highest BCUT2D eigenvalue weighted by atomic mass is 16.2. The number of likely N-dealkylation sites (N-methyl/N-ethyl adjacent to an activating group) is 1. The first kappa shape index (κ1) is 16.0. The Bertz CT molecular complexity index is 628. The number of hydrogen-bond donors (Lipinski definition) is 0. The monoisotopic (exact) mass is 314 g/mol. The number of amides is 2. The van der Waals surface area contributed by atoms with Crippen LogP contribution in [-0.2, 0) is 21.4 Å². The van der Waals surface area contributed by atoms with Gasteiger partial charge in [0.25, 0.3) is 0 Å². The van der Waals surface area contributed by atoms with E-state index in [-0.39, 0.29) is 11.8 Å².